The van der Waals surface area contributed by atoms with Gasteiger partial charge in [-0.1, -0.05) is 64.5 Å². The van der Waals surface area contributed by atoms with Gasteiger partial charge in [-0.15, -0.1) is 0 Å². The number of carbonyl (C=O) groups excluding carboxylic acids is 2. The number of hydrogen-bond donors (Lipinski definition) is 1. The molecule has 0 aromatic heterocycles. The van der Waals surface area contributed by atoms with Crippen LogP contribution >= 0.6 is 15.9 Å². The Bertz CT molecular complexity index is 1320. The monoisotopic (exact) mass is 587 g/mol. The molecule has 37 heavy (non-hydrogen) atoms. The molecule has 1 atom stereocenters. The molecular weight excluding hydrogens is 558 g/mol. The summed E-state index contributed by atoms with van der Waals surface area (Å²) in [6.45, 7) is -0.364. The summed E-state index contributed by atoms with van der Waals surface area (Å²) in [5.74, 6) is -0.403. The minimum Gasteiger partial charge on any atom is -0.497 e. The van der Waals surface area contributed by atoms with Crippen LogP contribution in [0.3, 0.4) is 0 Å². The van der Waals surface area contributed by atoms with Crippen molar-refractivity contribution in [3.05, 3.63) is 94.5 Å². The summed E-state index contributed by atoms with van der Waals surface area (Å²) in [7, 11) is -0.843. The Kier molecular flexibility index (Phi) is 9.71. The summed E-state index contributed by atoms with van der Waals surface area (Å²) >= 11 is 3.41. The molecule has 3 rings (SSSR count). The minimum atomic E-state index is -3.84. The van der Waals surface area contributed by atoms with Gasteiger partial charge in [-0.25, -0.2) is 8.42 Å². The number of benzene rings is 3. The number of halogens is 1. The zero-order valence-corrected chi connectivity index (χ0v) is 23.3. The van der Waals surface area contributed by atoms with Gasteiger partial charge in [0.05, 0.1) is 19.1 Å². The molecule has 0 spiro atoms. The zero-order chi connectivity index (χ0) is 27.0. The Balaban J connectivity index is 2.02. The van der Waals surface area contributed by atoms with Crippen LogP contribution in [-0.4, -0.2) is 58.1 Å². The Morgan fingerprint density at radius 2 is 1.65 bits per heavy atom. The van der Waals surface area contributed by atoms with Gasteiger partial charge in [0.2, 0.25) is 21.8 Å². The average molecular weight is 589 g/mol. The number of carbonyl (C=O) groups is 2. The van der Waals surface area contributed by atoms with E-state index in [4.69, 9.17) is 4.74 Å². The second kappa shape index (κ2) is 12.7. The van der Waals surface area contributed by atoms with E-state index in [2.05, 4.69) is 21.2 Å². The lowest BCUT2D eigenvalue weighted by molar-refractivity contribution is -0.139. The molecule has 0 bridgehead atoms. The van der Waals surface area contributed by atoms with Crippen LogP contribution < -0.4 is 14.4 Å². The first-order valence-corrected chi connectivity index (χ1v) is 14.2. The number of methoxy groups -OCH3 is 1. The first kappa shape index (κ1) is 28.2. The fraction of sp³-hybridized carbons (Fsp3) is 0.259. The summed E-state index contributed by atoms with van der Waals surface area (Å²) in [5.41, 5.74) is 1.96. The van der Waals surface area contributed by atoms with Gasteiger partial charge in [-0.05, 0) is 35.4 Å². The third kappa shape index (κ3) is 7.80. The highest BCUT2D eigenvalue weighted by Crippen LogP contribution is 2.24. The van der Waals surface area contributed by atoms with Gasteiger partial charge < -0.3 is 15.0 Å². The Hall–Kier alpha value is -3.37. The van der Waals surface area contributed by atoms with Crippen molar-refractivity contribution < 1.29 is 22.7 Å². The lowest BCUT2D eigenvalue weighted by Crippen LogP contribution is -2.52. The highest BCUT2D eigenvalue weighted by atomic mass is 79.9. The maximum absolute atomic E-state index is 13.9. The van der Waals surface area contributed by atoms with Crippen LogP contribution in [-0.2, 0) is 32.6 Å². The number of sulfonamides is 1. The molecule has 0 heterocycles. The Morgan fingerprint density at radius 3 is 2.24 bits per heavy atom. The van der Waals surface area contributed by atoms with E-state index in [1.165, 1.54) is 19.1 Å². The number of amides is 2. The third-order valence-corrected chi connectivity index (χ3v) is 7.47. The van der Waals surface area contributed by atoms with Crippen molar-refractivity contribution in [3.8, 4) is 5.75 Å². The highest BCUT2D eigenvalue weighted by Gasteiger charge is 2.32. The molecule has 0 saturated carbocycles. The molecule has 0 radical (unpaired) electrons. The van der Waals surface area contributed by atoms with Crippen LogP contribution in [0.5, 0.6) is 5.75 Å². The molecule has 1 unspecified atom stereocenters. The summed E-state index contributed by atoms with van der Waals surface area (Å²) in [6, 6.07) is 22.4. The van der Waals surface area contributed by atoms with Crippen molar-refractivity contribution in [2.24, 2.45) is 0 Å². The topological polar surface area (TPSA) is 96.0 Å². The summed E-state index contributed by atoms with van der Waals surface area (Å²) in [5, 5.41) is 2.66. The molecule has 0 aliphatic heterocycles. The number of rotatable bonds is 11. The number of ether oxygens (including phenoxy) is 1. The van der Waals surface area contributed by atoms with E-state index >= 15 is 0 Å². The second-order valence-electron chi connectivity index (χ2n) is 8.44. The van der Waals surface area contributed by atoms with Crippen LogP contribution in [0, 0.1) is 0 Å². The minimum absolute atomic E-state index is 0.118. The molecule has 196 valence electrons. The normalized spacial score (nSPS) is 11.9. The van der Waals surface area contributed by atoms with E-state index in [9.17, 15) is 18.0 Å². The standard InChI is InChI=1S/C27H30BrN3O5S/c1-29-27(33)25(16-20-8-5-4-6-9-20)30(18-21-12-14-22(28)15-13-21)26(32)19-31(37(3,34)35)23-10-7-11-24(17-23)36-2/h4-15,17,25H,16,18-19H2,1-3H3,(H,29,33). The fourth-order valence-corrected chi connectivity index (χ4v) is 4.99. The van der Waals surface area contributed by atoms with E-state index < -0.39 is 28.5 Å². The number of nitrogens with one attached hydrogen (secondary N) is 1. The van der Waals surface area contributed by atoms with Crippen molar-refractivity contribution in [2.75, 3.05) is 31.3 Å². The molecule has 3 aromatic rings. The first-order valence-electron chi connectivity index (χ1n) is 11.5. The van der Waals surface area contributed by atoms with E-state index in [0.717, 1.165) is 26.2 Å². The second-order valence-corrected chi connectivity index (χ2v) is 11.3. The molecule has 10 heteroatoms. The van der Waals surface area contributed by atoms with Gasteiger partial charge in [-0.2, -0.15) is 0 Å². The van der Waals surface area contributed by atoms with E-state index in [0.29, 0.717) is 11.4 Å². The molecule has 0 saturated heterocycles. The molecule has 8 nitrogen and oxygen atoms in total. The largest absolute Gasteiger partial charge is 0.497 e. The SMILES string of the molecule is CNC(=O)C(Cc1ccccc1)N(Cc1ccc(Br)cc1)C(=O)CN(c1cccc(OC)c1)S(C)(=O)=O. The van der Waals surface area contributed by atoms with Crippen molar-refractivity contribution in [1.82, 2.24) is 10.2 Å². The van der Waals surface area contributed by atoms with Gasteiger partial charge in [0.1, 0.15) is 18.3 Å². The van der Waals surface area contributed by atoms with Gasteiger partial charge in [-0.3, -0.25) is 13.9 Å². The third-order valence-electron chi connectivity index (χ3n) is 5.80. The van der Waals surface area contributed by atoms with Gasteiger partial charge in [0, 0.05) is 30.6 Å². The average Bonchev–Trinajstić information content (AvgIpc) is 2.89. The van der Waals surface area contributed by atoms with Crippen LogP contribution in [0.2, 0.25) is 0 Å². The summed E-state index contributed by atoms with van der Waals surface area (Å²) < 4.78 is 32.7. The quantitative estimate of drug-likeness (QED) is 0.370. The van der Waals surface area contributed by atoms with Crippen LogP contribution in [0.15, 0.2) is 83.3 Å². The predicted molar refractivity (Wildman–Crippen MR) is 148 cm³/mol. The number of likely N-dealkylation sites (N-methyl/N-ethyl adjacent to an activating group) is 1. The molecule has 2 amide bonds. The predicted octanol–water partition coefficient (Wildman–Crippen LogP) is 3.61. The van der Waals surface area contributed by atoms with Crippen LogP contribution in [0.4, 0.5) is 5.69 Å². The van der Waals surface area contributed by atoms with Crippen LogP contribution in [0.25, 0.3) is 0 Å². The number of anilines is 1. The Labute approximate surface area is 226 Å². The summed E-state index contributed by atoms with van der Waals surface area (Å²) in [6.07, 6.45) is 1.31. The number of hydrogen-bond acceptors (Lipinski definition) is 5. The van der Waals surface area contributed by atoms with Gasteiger partial charge in [0.25, 0.3) is 0 Å². The van der Waals surface area contributed by atoms with Crippen molar-refractivity contribution in [3.63, 3.8) is 0 Å². The maximum Gasteiger partial charge on any atom is 0.244 e. The number of nitrogens with zero attached hydrogens (tertiary/aromatic N) is 2. The fourth-order valence-electron chi connectivity index (χ4n) is 3.89. The van der Waals surface area contributed by atoms with Gasteiger partial charge in [0.15, 0.2) is 0 Å². The molecule has 1 N–H and O–H groups in total. The van der Waals surface area contributed by atoms with E-state index in [1.54, 1.807) is 24.3 Å². The first-order chi connectivity index (χ1) is 17.6. The lowest BCUT2D eigenvalue weighted by Gasteiger charge is -2.33. The highest BCUT2D eigenvalue weighted by molar-refractivity contribution is 9.10. The molecule has 3 aromatic carbocycles. The van der Waals surface area contributed by atoms with Crippen molar-refractivity contribution in [2.45, 2.75) is 19.0 Å². The maximum atomic E-state index is 13.9. The van der Waals surface area contributed by atoms with Crippen molar-refractivity contribution >= 4 is 43.5 Å². The van der Waals surface area contributed by atoms with Gasteiger partial charge >= 0.3 is 0 Å². The molecular formula is C27H30BrN3O5S. The molecule has 0 fully saturated rings. The summed E-state index contributed by atoms with van der Waals surface area (Å²) in [4.78, 5) is 28.4. The molecule has 0 aliphatic carbocycles. The van der Waals surface area contributed by atoms with Crippen LogP contribution in [0.1, 0.15) is 11.1 Å². The smallest absolute Gasteiger partial charge is 0.244 e. The zero-order valence-electron chi connectivity index (χ0n) is 20.9. The van der Waals surface area contributed by atoms with Crippen molar-refractivity contribution in [1.29, 1.82) is 0 Å². The Morgan fingerprint density at radius 1 is 0.973 bits per heavy atom. The molecule has 0 aliphatic rings. The lowest BCUT2D eigenvalue weighted by atomic mass is 10.0. The van der Waals surface area contributed by atoms with E-state index in [-0.39, 0.29) is 18.9 Å². The van der Waals surface area contributed by atoms with E-state index in [1.807, 2.05) is 54.6 Å².